The number of aromatic nitrogens is 3. The first-order valence-corrected chi connectivity index (χ1v) is 39.9. The molecule has 3 aliphatic carbocycles. The van der Waals surface area contributed by atoms with E-state index in [0.29, 0.717) is 109 Å². The van der Waals surface area contributed by atoms with Crippen molar-refractivity contribution in [2.45, 2.75) is 197 Å². The fourth-order valence-electron chi connectivity index (χ4n) is 16.1. The minimum absolute atomic E-state index is 0.000541. The minimum Gasteiger partial charge on any atom is -0.489 e. The number of aryl methyl sites for hydroxylation is 1. The lowest BCUT2D eigenvalue weighted by Crippen LogP contribution is -2.44. The number of carboxylic acid groups (broad SMARTS) is 1. The number of fused-ring (bicyclic) bond motifs is 12. The average Bonchev–Trinajstić information content (AvgIpc) is 1.59. The molecule has 6 aliphatic heterocycles. The molecule has 25 nitrogen and oxygen atoms in total. The van der Waals surface area contributed by atoms with Gasteiger partial charge in [-0.25, -0.2) is 24.5 Å². The van der Waals surface area contributed by atoms with Crippen molar-refractivity contribution < 1.29 is 98.2 Å². The number of anilines is 3. The van der Waals surface area contributed by atoms with E-state index in [4.69, 9.17) is 55.5 Å². The summed E-state index contributed by atoms with van der Waals surface area (Å²) in [6, 6.07) is 34.3. The Labute approximate surface area is 697 Å². The summed E-state index contributed by atoms with van der Waals surface area (Å²) < 4.78 is 121. The van der Waals surface area contributed by atoms with Gasteiger partial charge in [0.05, 0.1) is 28.3 Å². The van der Waals surface area contributed by atoms with Crippen molar-refractivity contribution in [2.24, 2.45) is 29.0 Å². The van der Waals surface area contributed by atoms with Gasteiger partial charge in [0.2, 0.25) is 17.7 Å². The number of amides is 4. The number of aromatic carboxylic acids is 1. The first-order valence-electron chi connectivity index (χ1n) is 39.9. The maximum absolute atomic E-state index is 13.5. The molecule has 9 heterocycles. The van der Waals surface area contributed by atoms with E-state index in [1.54, 1.807) is 65.3 Å². The monoisotopic (exact) mass is 1680 g/mol. The number of nitrogens with one attached hydrogen (secondary N) is 4. The Morgan fingerprint density at radius 2 is 0.828 bits per heavy atom. The molecule has 3 aromatic heterocycles. The Bertz CT molecular complexity index is 5720. The first-order chi connectivity index (χ1) is 57.4. The van der Waals surface area contributed by atoms with Crippen molar-refractivity contribution in [2.75, 3.05) is 16.0 Å². The molecule has 9 atom stereocenters. The number of carbonyl (C=O) groups excluding carboxylic acids is 6. The van der Waals surface area contributed by atoms with E-state index in [1.807, 2.05) is 99.6 Å². The second-order valence-corrected chi connectivity index (χ2v) is 34.6. The quantitative estimate of drug-likeness (QED) is 0.0310. The van der Waals surface area contributed by atoms with Gasteiger partial charge in [-0.05, 0) is 227 Å². The molecule has 9 aromatic rings. The van der Waals surface area contributed by atoms with E-state index in [9.17, 15) is 59.9 Å². The Morgan fingerprint density at radius 1 is 0.467 bits per heavy atom. The van der Waals surface area contributed by atoms with E-state index in [-0.39, 0.29) is 100 Å². The molecule has 18 rings (SSSR count). The summed E-state index contributed by atoms with van der Waals surface area (Å²) in [5, 5.41) is 19.8. The van der Waals surface area contributed by atoms with Gasteiger partial charge in [0.15, 0.2) is 11.6 Å². The summed E-state index contributed by atoms with van der Waals surface area (Å²) in [4.78, 5) is 96.9. The molecule has 31 heteroatoms. The molecule has 9 aliphatic rings. The summed E-state index contributed by atoms with van der Waals surface area (Å²) in [5.41, 5.74) is 20.9. The second kappa shape index (κ2) is 31.8. The van der Waals surface area contributed by atoms with Crippen LogP contribution in [0.1, 0.15) is 210 Å². The second-order valence-electron chi connectivity index (χ2n) is 34.6. The van der Waals surface area contributed by atoms with Gasteiger partial charge in [-0.3, -0.25) is 24.0 Å². The molecule has 6 aromatic carbocycles. The fourth-order valence-corrected chi connectivity index (χ4v) is 16.1. The number of carbonyl (C=O) groups is 7. The number of rotatable bonds is 17. The van der Waals surface area contributed by atoms with Crippen LogP contribution in [0.15, 0.2) is 146 Å². The Morgan fingerprint density at radius 3 is 1.22 bits per heavy atom. The number of benzene rings is 6. The molecule has 0 unspecified atom stereocenters. The van der Waals surface area contributed by atoms with Gasteiger partial charge >= 0.3 is 24.4 Å². The zero-order valence-electron chi connectivity index (χ0n) is 68.2. The van der Waals surface area contributed by atoms with Gasteiger partial charge in [0.25, 0.3) is 0 Å². The SMILES string of the molecule is CC(C)(C)OC(=O)NC(C)(C)c1cc(C(=O)O)cc(C(F)(F)F)c1.CC(C)(N)c1cc(C(=O)C[C@@H]2[C@H]3Oc4ccc(Oc5ccnc6c5CCC(=O)N6)cc4[C@@H]23)cc(C(F)(F)F)c1.Cc1cc(C(=O)C[C@@H]2[C@H]3Oc4ccc(Oc5ccnc6c5CCC(=O)N6)cc4[C@@H]23)cc(C(C)(C)N)c1.N[C@@H]1[C@H]2Oc3ccc(Oc4ccnc5c4CCC(=O)N5)cc3[C@@H]12. The van der Waals surface area contributed by atoms with E-state index in [1.165, 1.54) is 19.9 Å². The average molecular weight is 1680 g/mol. The summed E-state index contributed by atoms with van der Waals surface area (Å²) >= 11 is 0. The molecule has 11 N–H and O–H groups in total. The third-order valence-corrected chi connectivity index (χ3v) is 22.7. The number of Topliss-reactive ketones (excluding diaryl/α,β-unsaturated/α-hetero) is 2. The summed E-state index contributed by atoms with van der Waals surface area (Å²) in [6.07, 6.45) is -1.87. The number of halogens is 6. The Balaban J connectivity index is 0.000000130. The number of pyridine rings is 3. The van der Waals surface area contributed by atoms with Crippen LogP contribution >= 0.6 is 0 Å². The highest BCUT2D eigenvalue weighted by molar-refractivity contribution is 5.99. The van der Waals surface area contributed by atoms with Gasteiger partial charge in [0, 0.05) is 136 Å². The molecular formula is C91H90F6N10O15. The first kappa shape index (κ1) is 84.5. The lowest BCUT2D eigenvalue weighted by molar-refractivity contribution is -0.138. The van der Waals surface area contributed by atoms with Crippen molar-refractivity contribution in [1.82, 2.24) is 20.3 Å². The maximum atomic E-state index is 13.5. The Kier molecular flexibility index (Phi) is 22.1. The van der Waals surface area contributed by atoms with Gasteiger partial charge in [-0.15, -0.1) is 0 Å². The van der Waals surface area contributed by atoms with Crippen molar-refractivity contribution >= 4 is 58.8 Å². The van der Waals surface area contributed by atoms with Crippen LogP contribution in [0, 0.1) is 18.8 Å². The maximum Gasteiger partial charge on any atom is 0.416 e. The van der Waals surface area contributed by atoms with Crippen molar-refractivity contribution in [3.63, 3.8) is 0 Å². The van der Waals surface area contributed by atoms with Crippen LogP contribution < -0.4 is 66.9 Å². The van der Waals surface area contributed by atoms with Gasteiger partial charge in [-0.2, -0.15) is 26.3 Å². The smallest absolute Gasteiger partial charge is 0.416 e. The van der Waals surface area contributed by atoms with Crippen molar-refractivity contribution in [3.8, 4) is 51.7 Å². The predicted octanol–water partition coefficient (Wildman–Crippen LogP) is 16.8. The van der Waals surface area contributed by atoms with Crippen LogP contribution in [0.25, 0.3) is 0 Å². The number of carboxylic acids is 1. The predicted molar refractivity (Wildman–Crippen MR) is 435 cm³/mol. The fraction of sp³-hybridized carbons (Fsp3) is 0.363. The van der Waals surface area contributed by atoms with E-state index in [0.717, 1.165) is 91.8 Å². The zero-order valence-corrected chi connectivity index (χ0v) is 68.2. The highest BCUT2D eigenvalue weighted by atomic mass is 19.4. The molecule has 0 bridgehead atoms. The molecule has 122 heavy (non-hydrogen) atoms. The molecule has 0 spiro atoms. The number of ether oxygens (including phenoxy) is 7. The lowest BCUT2D eigenvalue weighted by Gasteiger charge is -2.29. The third kappa shape index (κ3) is 18.4. The Hall–Kier alpha value is -12.5. The lowest BCUT2D eigenvalue weighted by atomic mass is 9.90. The number of alkyl carbamates (subject to hydrolysis) is 1. The van der Waals surface area contributed by atoms with Crippen LogP contribution in [0.4, 0.5) is 48.6 Å². The molecular weight excluding hydrogens is 1590 g/mol. The molecule has 636 valence electrons. The van der Waals surface area contributed by atoms with Crippen LogP contribution in [-0.4, -0.2) is 91.4 Å². The number of alkyl halides is 6. The van der Waals surface area contributed by atoms with Crippen LogP contribution in [0.5, 0.6) is 51.7 Å². The van der Waals surface area contributed by atoms with Crippen LogP contribution in [-0.2, 0) is 67.4 Å². The molecule has 4 amide bonds. The van der Waals surface area contributed by atoms with Crippen molar-refractivity contribution in [3.05, 3.63) is 229 Å². The van der Waals surface area contributed by atoms with Gasteiger partial charge < -0.3 is 76.7 Å². The van der Waals surface area contributed by atoms with Crippen molar-refractivity contribution in [1.29, 1.82) is 0 Å². The van der Waals surface area contributed by atoms with E-state index < -0.39 is 63.3 Å². The van der Waals surface area contributed by atoms with Gasteiger partial charge in [0.1, 0.15) is 93.1 Å². The highest BCUT2D eigenvalue weighted by Gasteiger charge is 2.61. The molecule has 0 saturated heterocycles. The highest BCUT2D eigenvalue weighted by Crippen LogP contribution is 2.62. The number of ketones is 2. The molecule has 3 saturated carbocycles. The summed E-state index contributed by atoms with van der Waals surface area (Å²) in [6.45, 7) is 16.9. The molecule has 0 radical (unpaired) electrons. The third-order valence-electron chi connectivity index (χ3n) is 22.7. The normalized spacial score (nSPS) is 20.6. The number of nitrogens with zero attached hydrogens (tertiary/aromatic N) is 3. The molecule has 3 fully saturated rings. The van der Waals surface area contributed by atoms with Gasteiger partial charge in [-0.1, -0.05) is 11.6 Å². The summed E-state index contributed by atoms with van der Waals surface area (Å²) in [7, 11) is 0. The standard InChI is InChI=1S/C29H26F3N3O4.C29H29N3O4.C17H15N3O3.C16H20F3NO4/c1-28(2,33)15-9-14(10-16(11-15)29(30,31)32)21(36)13-20-25-19-12-17(3-5-22(19)39-26(20)25)38-23-7-8-34-27-18(23)4-6-24(37)35-27;1-15-10-16(12-17(11-15)29(2,3)30)22(33)14-21-26-20-13-18(4-6-23(20)36-27(21)26)35-24-8-9-31-28-19(24)5-7-25(34)32-28;18-15-14-10-7-8(1-3-11(10)23-16(14)15)22-12-5-6-19-17-9(12)2-4-13(21)20-17;1-14(2,3)24-13(23)20-15(4,5)10-6-9(12(21)22)7-11(8-10)16(17,18)19/h3,5,7-12,20,25-26H,4,6,13,33H2,1-2H3,(H,34,35,37);4,6,8-13,21,26-27H,5,7,14,30H2,1-3H3,(H,31,32,34);1,3,5-7,14-16H,2,4,18H2,(H,19,20,21);6-8H,1-5H3,(H,20,23)(H,21,22)/t20-,25-,26+;21-,26-,27+;14-,15-,16-;/m000./s1. The zero-order chi connectivity index (χ0) is 87.4. The number of hydrogen-bond donors (Lipinski definition) is 8. The van der Waals surface area contributed by atoms with E-state index in [2.05, 4.69) is 36.2 Å². The number of nitrogens with two attached hydrogens (primary N) is 3. The largest absolute Gasteiger partial charge is 0.489 e. The van der Waals surface area contributed by atoms with Crippen LogP contribution in [0.2, 0.25) is 0 Å². The number of hydrogen-bond acceptors (Lipinski definition) is 20. The van der Waals surface area contributed by atoms with E-state index >= 15 is 0 Å². The topological polar surface area (TPSA) is 369 Å². The summed E-state index contributed by atoms with van der Waals surface area (Å²) in [5.74, 6) is 6.70. The minimum atomic E-state index is -4.71. The van der Waals surface area contributed by atoms with Crippen LogP contribution in [0.3, 0.4) is 0 Å².